The number of H-pyrrole nitrogens is 1. The molecule has 0 bridgehead atoms. The fourth-order valence-electron chi connectivity index (χ4n) is 1.64. The molecule has 0 radical (unpaired) electrons. The maximum Gasteiger partial charge on any atom is 0.215 e. The molecule has 0 fully saturated rings. The lowest BCUT2D eigenvalue weighted by Crippen LogP contribution is -2.18. The molecule has 0 aliphatic heterocycles. The minimum Gasteiger partial charge on any atom is -0.479 e. The molecule has 1 aromatic carbocycles. The lowest BCUT2D eigenvalue weighted by molar-refractivity contribution is 0.127. The van der Waals surface area contributed by atoms with Gasteiger partial charge in [0.05, 0.1) is 0 Å². The highest BCUT2D eigenvalue weighted by molar-refractivity contribution is 9.10. The van der Waals surface area contributed by atoms with Gasteiger partial charge >= 0.3 is 0 Å². The summed E-state index contributed by atoms with van der Waals surface area (Å²) in [5.74, 6) is 0.321. The van der Waals surface area contributed by atoms with Crippen LogP contribution >= 0.6 is 15.9 Å². The zero-order chi connectivity index (χ0) is 13.8. The summed E-state index contributed by atoms with van der Waals surface area (Å²) in [7, 11) is 0. The summed E-state index contributed by atoms with van der Waals surface area (Å²) in [5.41, 5.74) is 0. The average Bonchev–Trinajstić information content (AvgIpc) is 2.91. The molecule has 0 spiro atoms. The first-order valence-electron chi connectivity index (χ1n) is 5.96. The third kappa shape index (κ3) is 3.28. The first-order valence-corrected chi connectivity index (χ1v) is 6.76. The summed E-state index contributed by atoms with van der Waals surface area (Å²) in [6, 6.07) is 4.66. The number of ether oxygens (including phenoxy) is 1. The maximum atomic E-state index is 13.8. The SMILES string of the molecule is CCC(C)[C@H](Oc1ccc(Br)cc1F)c1nn[nH]n1. The summed E-state index contributed by atoms with van der Waals surface area (Å²) >= 11 is 3.21. The molecule has 1 N–H and O–H groups in total. The van der Waals surface area contributed by atoms with Crippen LogP contribution in [0.4, 0.5) is 4.39 Å². The number of aromatic nitrogens is 4. The van der Waals surface area contributed by atoms with Gasteiger partial charge in [0.25, 0.3) is 0 Å². The molecule has 2 atom stereocenters. The summed E-state index contributed by atoms with van der Waals surface area (Å²) in [5, 5.41) is 13.8. The van der Waals surface area contributed by atoms with Gasteiger partial charge in [-0.15, -0.1) is 10.2 Å². The van der Waals surface area contributed by atoms with Crippen molar-refractivity contribution in [1.29, 1.82) is 0 Å². The highest BCUT2D eigenvalue weighted by Gasteiger charge is 2.25. The van der Waals surface area contributed by atoms with Crippen molar-refractivity contribution in [1.82, 2.24) is 20.6 Å². The lowest BCUT2D eigenvalue weighted by atomic mass is 10.0. The number of rotatable bonds is 5. The minimum atomic E-state index is -0.431. The molecular formula is C12H14BrFN4O. The average molecular weight is 329 g/mol. The molecule has 7 heteroatoms. The van der Waals surface area contributed by atoms with Gasteiger partial charge in [0.15, 0.2) is 17.7 Å². The molecule has 0 aliphatic rings. The second-order valence-electron chi connectivity index (χ2n) is 4.27. The van der Waals surface area contributed by atoms with Crippen LogP contribution in [-0.2, 0) is 0 Å². The molecular weight excluding hydrogens is 315 g/mol. The van der Waals surface area contributed by atoms with Crippen molar-refractivity contribution in [2.75, 3.05) is 0 Å². The van der Waals surface area contributed by atoms with Gasteiger partial charge in [-0.25, -0.2) is 4.39 Å². The molecule has 5 nitrogen and oxygen atoms in total. The van der Waals surface area contributed by atoms with Crippen LogP contribution in [-0.4, -0.2) is 20.6 Å². The quantitative estimate of drug-likeness (QED) is 0.914. The Morgan fingerprint density at radius 2 is 2.26 bits per heavy atom. The highest BCUT2D eigenvalue weighted by Crippen LogP contribution is 2.30. The fourth-order valence-corrected chi connectivity index (χ4v) is 1.97. The van der Waals surface area contributed by atoms with Crippen LogP contribution < -0.4 is 4.74 Å². The van der Waals surface area contributed by atoms with Gasteiger partial charge in [-0.05, 0) is 24.6 Å². The molecule has 1 unspecified atom stereocenters. The van der Waals surface area contributed by atoms with E-state index in [9.17, 15) is 4.39 Å². The van der Waals surface area contributed by atoms with Crippen LogP contribution in [0.25, 0.3) is 0 Å². The third-order valence-corrected chi connectivity index (χ3v) is 3.42. The van der Waals surface area contributed by atoms with Crippen molar-refractivity contribution in [3.05, 3.63) is 34.3 Å². The van der Waals surface area contributed by atoms with E-state index in [1.165, 1.54) is 6.07 Å². The van der Waals surface area contributed by atoms with Gasteiger partial charge in [-0.3, -0.25) is 0 Å². The standard InChI is InChI=1S/C12H14BrFN4O/c1-3-7(2)11(12-15-17-18-16-12)19-10-5-4-8(13)6-9(10)14/h4-7,11H,3H2,1-2H3,(H,15,16,17,18)/t7?,11-/m0/s1. The van der Waals surface area contributed by atoms with Crippen molar-refractivity contribution in [2.24, 2.45) is 5.92 Å². The Morgan fingerprint density at radius 1 is 1.47 bits per heavy atom. The van der Waals surface area contributed by atoms with Gasteiger partial charge in [0, 0.05) is 10.4 Å². The van der Waals surface area contributed by atoms with Gasteiger partial charge in [0.2, 0.25) is 5.82 Å². The first-order chi connectivity index (χ1) is 9.11. The molecule has 0 saturated carbocycles. The van der Waals surface area contributed by atoms with E-state index < -0.39 is 11.9 Å². The number of hydrogen-bond acceptors (Lipinski definition) is 4. The van der Waals surface area contributed by atoms with Gasteiger partial charge in [-0.1, -0.05) is 35.0 Å². The lowest BCUT2D eigenvalue weighted by Gasteiger charge is -2.21. The second kappa shape index (κ2) is 6.10. The molecule has 2 aromatic rings. The van der Waals surface area contributed by atoms with E-state index in [-0.39, 0.29) is 11.7 Å². The Kier molecular flexibility index (Phi) is 4.47. The van der Waals surface area contributed by atoms with Gasteiger partial charge in [-0.2, -0.15) is 5.21 Å². The monoisotopic (exact) mass is 328 g/mol. The highest BCUT2D eigenvalue weighted by atomic mass is 79.9. The topological polar surface area (TPSA) is 63.7 Å². The zero-order valence-electron chi connectivity index (χ0n) is 10.6. The van der Waals surface area contributed by atoms with Crippen LogP contribution in [0.3, 0.4) is 0 Å². The zero-order valence-corrected chi connectivity index (χ0v) is 12.2. The summed E-state index contributed by atoms with van der Waals surface area (Å²) < 4.78 is 20.2. The van der Waals surface area contributed by atoms with Gasteiger partial charge in [0.1, 0.15) is 0 Å². The molecule has 1 heterocycles. The molecule has 0 aliphatic carbocycles. The predicted octanol–water partition coefficient (Wildman–Crippen LogP) is 3.27. The molecule has 1 aromatic heterocycles. The van der Waals surface area contributed by atoms with Crippen molar-refractivity contribution >= 4 is 15.9 Å². The van der Waals surface area contributed by atoms with Crippen LogP contribution in [0.15, 0.2) is 22.7 Å². The second-order valence-corrected chi connectivity index (χ2v) is 5.18. The Morgan fingerprint density at radius 3 is 2.84 bits per heavy atom. The number of tetrazole rings is 1. The Hall–Kier alpha value is -1.50. The summed E-state index contributed by atoms with van der Waals surface area (Å²) in [6.07, 6.45) is 0.427. The van der Waals surface area contributed by atoms with E-state index in [4.69, 9.17) is 4.74 Å². The van der Waals surface area contributed by atoms with E-state index in [1.54, 1.807) is 12.1 Å². The maximum absolute atomic E-state index is 13.8. The third-order valence-electron chi connectivity index (χ3n) is 2.92. The van der Waals surface area contributed by atoms with Crippen molar-refractivity contribution in [2.45, 2.75) is 26.4 Å². The summed E-state index contributed by atoms with van der Waals surface area (Å²) in [6.45, 7) is 4.02. The van der Waals surface area contributed by atoms with Crippen LogP contribution in [0.2, 0.25) is 0 Å². The van der Waals surface area contributed by atoms with Crippen molar-refractivity contribution < 1.29 is 9.13 Å². The largest absolute Gasteiger partial charge is 0.479 e. The van der Waals surface area contributed by atoms with E-state index >= 15 is 0 Å². The summed E-state index contributed by atoms with van der Waals surface area (Å²) in [4.78, 5) is 0. The van der Waals surface area contributed by atoms with E-state index in [1.807, 2.05) is 13.8 Å². The number of benzene rings is 1. The first kappa shape index (κ1) is 13.9. The Balaban J connectivity index is 2.25. The number of hydrogen-bond donors (Lipinski definition) is 1. The molecule has 0 amide bonds. The van der Waals surface area contributed by atoms with Crippen LogP contribution in [0, 0.1) is 11.7 Å². The molecule has 102 valence electrons. The van der Waals surface area contributed by atoms with Crippen LogP contribution in [0.1, 0.15) is 32.2 Å². The smallest absolute Gasteiger partial charge is 0.215 e. The van der Waals surface area contributed by atoms with E-state index in [2.05, 4.69) is 36.6 Å². The number of halogens is 2. The van der Waals surface area contributed by atoms with Crippen molar-refractivity contribution in [3.63, 3.8) is 0 Å². The van der Waals surface area contributed by atoms with E-state index in [0.29, 0.717) is 10.3 Å². The number of nitrogens with one attached hydrogen (secondary N) is 1. The molecule has 19 heavy (non-hydrogen) atoms. The minimum absolute atomic E-state index is 0.139. The molecule has 2 rings (SSSR count). The normalized spacial score (nSPS) is 14.1. The fraction of sp³-hybridized carbons (Fsp3) is 0.417. The Bertz CT molecular complexity index is 535. The predicted molar refractivity (Wildman–Crippen MR) is 71.1 cm³/mol. The molecule has 0 saturated heterocycles. The Labute approximate surface area is 118 Å². The van der Waals surface area contributed by atoms with Crippen LogP contribution in [0.5, 0.6) is 5.75 Å². The van der Waals surface area contributed by atoms with E-state index in [0.717, 1.165) is 6.42 Å². The number of aromatic amines is 1. The van der Waals surface area contributed by atoms with Gasteiger partial charge < -0.3 is 4.74 Å². The van der Waals surface area contributed by atoms with Crippen molar-refractivity contribution in [3.8, 4) is 5.75 Å². The number of nitrogens with zero attached hydrogens (tertiary/aromatic N) is 3.